The second-order valence-electron chi connectivity index (χ2n) is 4.10. The predicted molar refractivity (Wildman–Crippen MR) is 78.3 cm³/mol. The van der Waals surface area contributed by atoms with Gasteiger partial charge in [0.15, 0.2) is 0 Å². The van der Waals surface area contributed by atoms with Crippen molar-refractivity contribution in [2.45, 2.75) is 32.6 Å². The highest BCUT2D eigenvalue weighted by atomic mass is 31.0. The van der Waals surface area contributed by atoms with Crippen molar-refractivity contribution in [2.75, 3.05) is 0 Å². The lowest BCUT2D eigenvalue weighted by Gasteiger charge is -2.05. The highest BCUT2D eigenvalue weighted by Crippen LogP contribution is 2.20. The predicted octanol–water partition coefficient (Wildman–Crippen LogP) is 4.63. The molecule has 0 saturated carbocycles. The molecule has 0 nitrogen and oxygen atoms in total. The van der Waals surface area contributed by atoms with Crippen LogP contribution in [-0.4, -0.2) is 0 Å². The fourth-order valence-electron chi connectivity index (χ4n) is 2.08. The van der Waals surface area contributed by atoms with Gasteiger partial charge in [-0.15, -0.1) is 0 Å². The van der Waals surface area contributed by atoms with Gasteiger partial charge >= 0.3 is 0 Å². The number of rotatable bonds is 4. The first-order valence-electron chi connectivity index (χ1n) is 5.88. The van der Waals surface area contributed by atoms with Crippen LogP contribution >= 0.6 is 9.90 Å². The third-order valence-electron chi connectivity index (χ3n) is 2.93. The summed E-state index contributed by atoms with van der Waals surface area (Å²) in [5.74, 6) is 0. The highest BCUT2D eigenvalue weighted by molar-refractivity contribution is 6.92. The number of aryl methyl sites for hydroxylation is 1. The van der Waals surface area contributed by atoms with E-state index in [9.17, 15) is 0 Å². The van der Waals surface area contributed by atoms with E-state index in [1.54, 1.807) is 0 Å². The van der Waals surface area contributed by atoms with Crippen molar-refractivity contribution < 1.29 is 0 Å². The average Bonchev–Trinajstić information content (AvgIpc) is 2.30. The van der Waals surface area contributed by atoms with Crippen molar-refractivity contribution in [3.63, 3.8) is 0 Å². The maximum absolute atomic E-state index is 2.26. The maximum atomic E-state index is 2.26. The van der Waals surface area contributed by atoms with E-state index < -0.39 is 0 Å². The molecule has 0 heterocycles. The summed E-state index contributed by atoms with van der Waals surface area (Å²) in [6, 6.07) is 15.3. The van der Waals surface area contributed by atoms with Gasteiger partial charge in [0, 0.05) is 0 Å². The lowest BCUT2D eigenvalue weighted by atomic mass is 10.00. The average molecular weight is 232 g/mol. The summed E-state index contributed by atoms with van der Waals surface area (Å²) in [5.41, 5.74) is 1.50. The standard InChI is InChI=1S/C15H18.H3P/c1-2-3-4-8-13-10-7-11-14-9-5-6-12-15(13)14;/h5-7,9-12H,2-4,8H2,1H3;1H3. The molecule has 0 N–H and O–H groups in total. The summed E-state index contributed by atoms with van der Waals surface area (Å²) in [6.45, 7) is 2.25. The molecule has 0 aliphatic rings. The van der Waals surface area contributed by atoms with E-state index in [-0.39, 0.29) is 9.90 Å². The zero-order valence-corrected chi connectivity index (χ0v) is 11.5. The molecule has 2 aromatic rings. The van der Waals surface area contributed by atoms with Crippen LogP contribution in [0.1, 0.15) is 31.7 Å². The smallest absolute Gasteiger partial charge is 0.0152 e. The fraction of sp³-hybridized carbons (Fsp3) is 0.333. The van der Waals surface area contributed by atoms with Crippen LogP contribution in [0.5, 0.6) is 0 Å². The van der Waals surface area contributed by atoms with Gasteiger partial charge in [0.05, 0.1) is 0 Å². The minimum atomic E-state index is 0. The monoisotopic (exact) mass is 232 g/mol. The Hall–Kier alpha value is -0.870. The van der Waals surface area contributed by atoms with E-state index in [0.717, 1.165) is 0 Å². The Morgan fingerprint density at radius 2 is 1.62 bits per heavy atom. The third kappa shape index (κ3) is 3.06. The molecule has 0 aliphatic heterocycles. The molecule has 86 valence electrons. The molecule has 1 atom stereocenters. The Kier molecular flexibility index (Phi) is 5.49. The minimum absolute atomic E-state index is 0. The van der Waals surface area contributed by atoms with Crippen LogP contribution in [0.2, 0.25) is 0 Å². The topological polar surface area (TPSA) is 0 Å². The Labute approximate surface area is 102 Å². The van der Waals surface area contributed by atoms with E-state index in [1.165, 1.54) is 42.0 Å². The van der Waals surface area contributed by atoms with Crippen molar-refractivity contribution in [1.82, 2.24) is 0 Å². The van der Waals surface area contributed by atoms with E-state index in [0.29, 0.717) is 0 Å². The summed E-state index contributed by atoms with van der Waals surface area (Å²) in [5, 5.41) is 2.79. The number of benzene rings is 2. The van der Waals surface area contributed by atoms with E-state index in [2.05, 4.69) is 49.4 Å². The molecule has 2 rings (SSSR count). The normalized spacial score (nSPS) is 10.1. The summed E-state index contributed by atoms with van der Waals surface area (Å²) < 4.78 is 0. The summed E-state index contributed by atoms with van der Waals surface area (Å²) >= 11 is 0. The fourth-order valence-corrected chi connectivity index (χ4v) is 2.08. The van der Waals surface area contributed by atoms with Crippen molar-refractivity contribution in [1.29, 1.82) is 0 Å². The molecule has 2 aromatic carbocycles. The molecule has 0 saturated heterocycles. The first-order valence-corrected chi connectivity index (χ1v) is 5.88. The van der Waals surface area contributed by atoms with Crippen molar-refractivity contribution in [3.05, 3.63) is 48.0 Å². The van der Waals surface area contributed by atoms with E-state index in [4.69, 9.17) is 0 Å². The molecule has 0 aliphatic carbocycles. The molecule has 0 aromatic heterocycles. The molecule has 0 amide bonds. The second-order valence-corrected chi connectivity index (χ2v) is 4.10. The van der Waals surface area contributed by atoms with Crippen LogP contribution in [-0.2, 0) is 6.42 Å². The lowest BCUT2D eigenvalue weighted by molar-refractivity contribution is 0.719. The third-order valence-corrected chi connectivity index (χ3v) is 2.93. The summed E-state index contributed by atoms with van der Waals surface area (Å²) in [6.07, 6.45) is 5.16. The molecule has 1 heteroatoms. The summed E-state index contributed by atoms with van der Waals surface area (Å²) in [4.78, 5) is 0. The lowest BCUT2D eigenvalue weighted by Crippen LogP contribution is -1.87. The Balaban J connectivity index is 0.00000128. The van der Waals surface area contributed by atoms with Crippen molar-refractivity contribution in [3.8, 4) is 0 Å². The van der Waals surface area contributed by atoms with Gasteiger partial charge in [-0.05, 0) is 29.2 Å². The molecule has 1 unspecified atom stereocenters. The Morgan fingerprint density at radius 1 is 0.875 bits per heavy atom. The van der Waals surface area contributed by atoms with Gasteiger partial charge < -0.3 is 0 Å². The zero-order valence-electron chi connectivity index (χ0n) is 10.1. The minimum Gasteiger partial charge on any atom is -0.153 e. The molecule has 0 radical (unpaired) electrons. The van der Waals surface area contributed by atoms with Gasteiger partial charge in [-0.2, -0.15) is 9.90 Å². The van der Waals surface area contributed by atoms with Crippen LogP contribution in [0.25, 0.3) is 10.8 Å². The zero-order chi connectivity index (χ0) is 10.5. The van der Waals surface area contributed by atoms with Crippen LogP contribution in [0.3, 0.4) is 0 Å². The highest BCUT2D eigenvalue weighted by Gasteiger charge is 1.98. The Morgan fingerprint density at radius 3 is 2.44 bits per heavy atom. The number of hydrogen-bond acceptors (Lipinski definition) is 0. The number of fused-ring (bicyclic) bond motifs is 1. The molecular formula is C15H21P. The maximum Gasteiger partial charge on any atom is -0.0152 e. The number of hydrogen-bond donors (Lipinski definition) is 0. The van der Waals surface area contributed by atoms with Crippen molar-refractivity contribution >= 4 is 20.7 Å². The van der Waals surface area contributed by atoms with Gasteiger partial charge in [0.25, 0.3) is 0 Å². The van der Waals surface area contributed by atoms with Gasteiger partial charge in [-0.3, -0.25) is 0 Å². The van der Waals surface area contributed by atoms with Gasteiger partial charge in [0.2, 0.25) is 0 Å². The largest absolute Gasteiger partial charge is 0.153 e. The van der Waals surface area contributed by atoms with Crippen LogP contribution in [0, 0.1) is 0 Å². The summed E-state index contributed by atoms with van der Waals surface area (Å²) in [7, 11) is 0. The SMILES string of the molecule is CCCCCc1cccc2ccccc12.P. The van der Waals surface area contributed by atoms with Gasteiger partial charge in [-0.25, -0.2) is 0 Å². The van der Waals surface area contributed by atoms with E-state index in [1.807, 2.05) is 0 Å². The Bertz CT molecular complexity index is 429. The van der Waals surface area contributed by atoms with Crippen molar-refractivity contribution in [2.24, 2.45) is 0 Å². The quantitative estimate of drug-likeness (QED) is 0.532. The first-order chi connectivity index (χ1) is 7.42. The van der Waals surface area contributed by atoms with Crippen LogP contribution in [0.4, 0.5) is 0 Å². The van der Waals surface area contributed by atoms with Crippen LogP contribution in [0.15, 0.2) is 42.5 Å². The molecular weight excluding hydrogens is 211 g/mol. The molecule has 16 heavy (non-hydrogen) atoms. The van der Waals surface area contributed by atoms with E-state index >= 15 is 0 Å². The second kappa shape index (κ2) is 6.66. The first kappa shape index (κ1) is 13.2. The van der Waals surface area contributed by atoms with Gasteiger partial charge in [-0.1, -0.05) is 62.2 Å². The molecule has 0 bridgehead atoms. The van der Waals surface area contributed by atoms with Gasteiger partial charge in [0.1, 0.15) is 0 Å². The molecule has 0 spiro atoms. The van der Waals surface area contributed by atoms with Crippen LogP contribution < -0.4 is 0 Å². The number of unbranched alkanes of at least 4 members (excludes halogenated alkanes) is 2. The molecule has 0 fully saturated rings.